The summed E-state index contributed by atoms with van der Waals surface area (Å²) >= 11 is 2.23. The molecule has 2 aromatic rings. The Kier molecular flexibility index (Phi) is 5.86. The van der Waals surface area contributed by atoms with Gasteiger partial charge in [-0.15, -0.1) is 0 Å². The van der Waals surface area contributed by atoms with E-state index in [1.165, 1.54) is 0 Å². The van der Waals surface area contributed by atoms with Crippen molar-refractivity contribution in [2.45, 2.75) is 26.2 Å². The number of aryl methyl sites for hydroxylation is 1. The first kappa shape index (κ1) is 17.6. The van der Waals surface area contributed by atoms with Crippen LogP contribution in [-0.2, 0) is 12.8 Å². The summed E-state index contributed by atoms with van der Waals surface area (Å²) in [5.74, 6) is 2.08. The molecule has 0 unspecified atom stereocenters. The molecule has 0 atom stereocenters. The number of rotatable bonds is 6. The van der Waals surface area contributed by atoms with Gasteiger partial charge in [0.2, 0.25) is 5.95 Å². The molecule has 6 nitrogen and oxygen atoms in total. The van der Waals surface area contributed by atoms with Crippen LogP contribution in [0.1, 0.15) is 30.2 Å². The zero-order chi connectivity index (χ0) is 17.0. The molecule has 1 aromatic heterocycles. The van der Waals surface area contributed by atoms with Gasteiger partial charge in [-0.3, -0.25) is 0 Å². The number of methoxy groups -OCH3 is 2. The molecular weight excluding hydrogens is 407 g/mol. The Morgan fingerprint density at radius 2 is 1.87 bits per heavy atom. The van der Waals surface area contributed by atoms with Crippen molar-refractivity contribution in [3.8, 4) is 11.5 Å². The molecule has 2 rings (SSSR count). The van der Waals surface area contributed by atoms with Crippen LogP contribution >= 0.6 is 22.6 Å². The van der Waals surface area contributed by atoms with Crippen LogP contribution in [0.5, 0.6) is 11.5 Å². The van der Waals surface area contributed by atoms with E-state index in [-0.39, 0.29) is 5.95 Å². The van der Waals surface area contributed by atoms with Gasteiger partial charge >= 0.3 is 0 Å². The number of hydrogen-bond donors (Lipinski definition) is 2. The minimum atomic E-state index is 0.219. The van der Waals surface area contributed by atoms with Crippen molar-refractivity contribution in [1.82, 2.24) is 9.97 Å². The van der Waals surface area contributed by atoms with Crippen LogP contribution in [0.15, 0.2) is 12.1 Å². The van der Waals surface area contributed by atoms with Gasteiger partial charge in [-0.2, -0.15) is 4.98 Å². The predicted molar refractivity (Wildman–Crippen MR) is 99.9 cm³/mol. The number of nitrogens with zero attached hydrogens (tertiary/aromatic N) is 2. The van der Waals surface area contributed by atoms with Gasteiger partial charge in [0.25, 0.3) is 0 Å². The summed E-state index contributed by atoms with van der Waals surface area (Å²) in [5.41, 5.74) is 14.7. The van der Waals surface area contributed by atoms with E-state index in [2.05, 4.69) is 39.5 Å². The predicted octanol–water partition coefficient (Wildman–Crippen LogP) is 2.81. The number of nitrogens with two attached hydrogens (primary N) is 2. The fourth-order valence-electron chi connectivity index (χ4n) is 2.48. The third-order valence-electron chi connectivity index (χ3n) is 3.50. The molecule has 1 aromatic carbocycles. The van der Waals surface area contributed by atoms with E-state index in [4.69, 9.17) is 20.9 Å². The van der Waals surface area contributed by atoms with Gasteiger partial charge in [-0.25, -0.2) is 4.98 Å². The zero-order valence-corrected chi connectivity index (χ0v) is 15.7. The van der Waals surface area contributed by atoms with E-state index in [1.54, 1.807) is 14.2 Å². The molecule has 0 amide bonds. The van der Waals surface area contributed by atoms with E-state index in [0.29, 0.717) is 18.0 Å². The van der Waals surface area contributed by atoms with Crippen molar-refractivity contribution in [2.75, 3.05) is 25.7 Å². The van der Waals surface area contributed by atoms with Crippen molar-refractivity contribution in [3.63, 3.8) is 0 Å². The summed E-state index contributed by atoms with van der Waals surface area (Å²) in [7, 11) is 3.26. The number of benzene rings is 1. The lowest BCUT2D eigenvalue weighted by Crippen LogP contribution is -2.10. The highest BCUT2D eigenvalue weighted by atomic mass is 127. The molecule has 0 saturated carbocycles. The SMILES string of the molecule is CCCc1nc(N)nc(N)c1Cc1cc(I)c(OC)c(OC)c1. The van der Waals surface area contributed by atoms with E-state index >= 15 is 0 Å². The molecule has 0 fully saturated rings. The average molecular weight is 428 g/mol. The summed E-state index contributed by atoms with van der Waals surface area (Å²) < 4.78 is 11.8. The number of hydrogen-bond acceptors (Lipinski definition) is 6. The van der Waals surface area contributed by atoms with Crippen molar-refractivity contribution < 1.29 is 9.47 Å². The quantitative estimate of drug-likeness (QED) is 0.687. The Labute approximate surface area is 149 Å². The second-order valence-corrected chi connectivity index (χ2v) is 6.29. The Bertz CT molecular complexity index is 707. The second kappa shape index (κ2) is 7.67. The molecule has 1 heterocycles. The first-order chi connectivity index (χ1) is 11.0. The van der Waals surface area contributed by atoms with Crippen molar-refractivity contribution in [1.29, 1.82) is 0 Å². The number of halogens is 1. The Hall–Kier alpha value is -1.77. The van der Waals surface area contributed by atoms with Gasteiger partial charge in [0, 0.05) is 12.0 Å². The van der Waals surface area contributed by atoms with E-state index in [9.17, 15) is 0 Å². The molecule has 0 aliphatic heterocycles. The Morgan fingerprint density at radius 1 is 1.13 bits per heavy atom. The monoisotopic (exact) mass is 428 g/mol. The summed E-state index contributed by atoms with van der Waals surface area (Å²) in [4.78, 5) is 8.45. The first-order valence-electron chi connectivity index (χ1n) is 7.31. The molecule has 0 radical (unpaired) electrons. The second-order valence-electron chi connectivity index (χ2n) is 5.13. The smallest absolute Gasteiger partial charge is 0.222 e. The molecule has 0 aliphatic rings. The molecule has 0 bridgehead atoms. The number of ether oxygens (including phenoxy) is 2. The molecule has 0 saturated heterocycles. The maximum atomic E-state index is 6.08. The standard InChI is InChI=1S/C16H21IN4O2/c1-4-5-12-10(15(18)21-16(19)20-12)6-9-7-11(17)14(23-3)13(8-9)22-2/h7-8H,4-6H2,1-3H3,(H4,18,19,20,21). The first-order valence-corrected chi connectivity index (χ1v) is 8.39. The maximum absolute atomic E-state index is 6.08. The normalized spacial score (nSPS) is 10.6. The molecule has 0 spiro atoms. The minimum absolute atomic E-state index is 0.219. The average Bonchev–Trinajstić information content (AvgIpc) is 2.50. The lowest BCUT2D eigenvalue weighted by atomic mass is 10.0. The number of aromatic nitrogens is 2. The van der Waals surface area contributed by atoms with Crippen LogP contribution in [0.3, 0.4) is 0 Å². The summed E-state index contributed by atoms with van der Waals surface area (Å²) in [6.45, 7) is 2.09. The highest BCUT2D eigenvalue weighted by Crippen LogP contribution is 2.34. The molecular formula is C16H21IN4O2. The van der Waals surface area contributed by atoms with Gasteiger partial charge in [-0.1, -0.05) is 13.3 Å². The number of nitrogen functional groups attached to an aromatic ring is 2. The van der Waals surface area contributed by atoms with Gasteiger partial charge in [-0.05, 0) is 46.7 Å². The summed E-state index contributed by atoms with van der Waals surface area (Å²) in [5, 5.41) is 0. The van der Waals surface area contributed by atoms with Gasteiger partial charge in [0.15, 0.2) is 11.5 Å². The van der Waals surface area contributed by atoms with Crippen LogP contribution in [-0.4, -0.2) is 24.2 Å². The van der Waals surface area contributed by atoms with Crippen LogP contribution in [0.2, 0.25) is 0 Å². The van der Waals surface area contributed by atoms with Crippen molar-refractivity contribution >= 4 is 34.4 Å². The fourth-order valence-corrected chi connectivity index (χ4v) is 3.37. The van der Waals surface area contributed by atoms with Crippen LogP contribution in [0.25, 0.3) is 0 Å². The minimum Gasteiger partial charge on any atom is -0.493 e. The molecule has 23 heavy (non-hydrogen) atoms. The van der Waals surface area contributed by atoms with Crippen LogP contribution in [0.4, 0.5) is 11.8 Å². The fraction of sp³-hybridized carbons (Fsp3) is 0.375. The third kappa shape index (κ3) is 3.95. The lowest BCUT2D eigenvalue weighted by molar-refractivity contribution is 0.352. The Morgan fingerprint density at radius 3 is 2.48 bits per heavy atom. The van der Waals surface area contributed by atoms with Crippen molar-refractivity contribution in [2.24, 2.45) is 0 Å². The molecule has 0 aliphatic carbocycles. The van der Waals surface area contributed by atoms with Gasteiger partial charge in [0.05, 0.1) is 23.5 Å². The Balaban J connectivity index is 2.45. The van der Waals surface area contributed by atoms with Gasteiger partial charge in [0.1, 0.15) is 5.82 Å². The van der Waals surface area contributed by atoms with Crippen LogP contribution in [0, 0.1) is 3.57 Å². The maximum Gasteiger partial charge on any atom is 0.222 e. The third-order valence-corrected chi connectivity index (χ3v) is 4.30. The van der Waals surface area contributed by atoms with E-state index in [1.807, 2.05) is 12.1 Å². The molecule has 4 N–H and O–H groups in total. The molecule has 124 valence electrons. The van der Waals surface area contributed by atoms with Crippen LogP contribution < -0.4 is 20.9 Å². The summed E-state index contributed by atoms with van der Waals surface area (Å²) in [6, 6.07) is 4.00. The zero-order valence-electron chi connectivity index (χ0n) is 13.5. The highest BCUT2D eigenvalue weighted by Gasteiger charge is 2.15. The van der Waals surface area contributed by atoms with E-state index in [0.717, 1.165) is 39.0 Å². The van der Waals surface area contributed by atoms with Gasteiger partial charge < -0.3 is 20.9 Å². The van der Waals surface area contributed by atoms with E-state index < -0.39 is 0 Å². The van der Waals surface area contributed by atoms with Crippen molar-refractivity contribution in [3.05, 3.63) is 32.5 Å². The number of anilines is 2. The highest BCUT2D eigenvalue weighted by molar-refractivity contribution is 14.1. The topological polar surface area (TPSA) is 96.3 Å². The largest absolute Gasteiger partial charge is 0.493 e. The lowest BCUT2D eigenvalue weighted by Gasteiger charge is -2.14. The molecule has 7 heteroatoms. The summed E-state index contributed by atoms with van der Waals surface area (Å²) in [6.07, 6.45) is 2.40.